The number of carbonyl (C=O) groups is 1. The molecule has 2 aromatic rings. The minimum absolute atomic E-state index is 0.0689. The van der Waals surface area contributed by atoms with E-state index >= 15 is 0 Å². The van der Waals surface area contributed by atoms with E-state index in [0.717, 1.165) is 12.1 Å². The summed E-state index contributed by atoms with van der Waals surface area (Å²) in [6.07, 6.45) is 0. The molecule has 10 heteroatoms. The minimum atomic E-state index is -2.31. The summed E-state index contributed by atoms with van der Waals surface area (Å²) < 4.78 is 91.4. The van der Waals surface area contributed by atoms with E-state index in [2.05, 4.69) is 5.32 Å². The van der Waals surface area contributed by atoms with Crippen LogP contribution in [-0.2, 0) is 4.79 Å². The lowest BCUT2D eigenvalue weighted by atomic mass is 10.3. The Morgan fingerprint density at radius 3 is 1.92 bits per heavy atom. The van der Waals surface area contributed by atoms with E-state index in [4.69, 9.17) is 0 Å². The maximum atomic E-state index is 13.4. The van der Waals surface area contributed by atoms with Crippen LogP contribution in [0.15, 0.2) is 23.1 Å². The molecule has 1 amide bonds. The zero-order valence-corrected chi connectivity index (χ0v) is 12.2. The second-order valence-corrected chi connectivity index (χ2v) is 5.35. The first kappa shape index (κ1) is 18.1. The summed E-state index contributed by atoms with van der Waals surface area (Å²) in [5, 5.41) is 2.09. The molecule has 1 N–H and O–H groups in total. The van der Waals surface area contributed by atoms with Gasteiger partial charge in [0, 0.05) is 11.8 Å². The number of anilines is 1. The molecule has 24 heavy (non-hydrogen) atoms. The number of hydrogen-bond acceptors (Lipinski definition) is 2. The maximum Gasteiger partial charge on any atom is 0.234 e. The number of amides is 1. The molecule has 0 saturated heterocycles. The SMILES string of the molecule is O=C(CSc1c(F)c(F)c(F)c(F)c1F)Nc1ccc(F)c(F)c1. The molecule has 0 aliphatic heterocycles. The van der Waals surface area contributed by atoms with E-state index in [-0.39, 0.29) is 17.4 Å². The molecule has 0 aliphatic carbocycles. The van der Waals surface area contributed by atoms with Gasteiger partial charge in [0.15, 0.2) is 34.9 Å². The van der Waals surface area contributed by atoms with Gasteiger partial charge < -0.3 is 5.32 Å². The molecule has 0 unspecified atom stereocenters. The Morgan fingerprint density at radius 2 is 1.38 bits per heavy atom. The van der Waals surface area contributed by atoms with Crippen LogP contribution >= 0.6 is 11.8 Å². The van der Waals surface area contributed by atoms with Crippen LogP contribution in [0.4, 0.5) is 36.4 Å². The largest absolute Gasteiger partial charge is 0.325 e. The number of halogens is 7. The smallest absolute Gasteiger partial charge is 0.234 e. The lowest BCUT2D eigenvalue weighted by Crippen LogP contribution is -2.15. The highest BCUT2D eigenvalue weighted by molar-refractivity contribution is 8.00. The van der Waals surface area contributed by atoms with Crippen LogP contribution in [0.5, 0.6) is 0 Å². The number of rotatable bonds is 4. The second kappa shape index (κ2) is 7.12. The summed E-state index contributed by atoms with van der Waals surface area (Å²) in [5.41, 5.74) is -0.142. The van der Waals surface area contributed by atoms with E-state index < -0.39 is 57.3 Å². The van der Waals surface area contributed by atoms with Gasteiger partial charge in [0.1, 0.15) is 0 Å². The fourth-order valence-corrected chi connectivity index (χ4v) is 2.40. The predicted octanol–water partition coefficient (Wildman–Crippen LogP) is 4.39. The third-order valence-electron chi connectivity index (χ3n) is 2.72. The molecule has 0 atom stereocenters. The van der Waals surface area contributed by atoms with Crippen molar-refractivity contribution >= 4 is 23.4 Å². The molecule has 0 heterocycles. The molecule has 0 radical (unpaired) electrons. The van der Waals surface area contributed by atoms with Crippen molar-refractivity contribution in [2.75, 3.05) is 11.1 Å². The van der Waals surface area contributed by atoms with E-state index in [1.165, 1.54) is 0 Å². The number of thioether (sulfide) groups is 1. The highest BCUT2D eigenvalue weighted by Crippen LogP contribution is 2.30. The second-order valence-electron chi connectivity index (χ2n) is 4.36. The summed E-state index contributed by atoms with van der Waals surface area (Å²) in [5.74, 6) is -14.7. The molecular weight excluding hydrogens is 363 g/mol. The van der Waals surface area contributed by atoms with Crippen molar-refractivity contribution in [2.24, 2.45) is 0 Å². The summed E-state index contributed by atoms with van der Waals surface area (Å²) in [7, 11) is 0. The summed E-state index contributed by atoms with van der Waals surface area (Å²) in [6.45, 7) is 0. The lowest BCUT2D eigenvalue weighted by molar-refractivity contribution is -0.113. The van der Waals surface area contributed by atoms with Crippen molar-refractivity contribution < 1.29 is 35.5 Å². The third-order valence-corrected chi connectivity index (χ3v) is 3.77. The van der Waals surface area contributed by atoms with Crippen molar-refractivity contribution in [3.05, 3.63) is 58.9 Å². The molecule has 128 valence electrons. The van der Waals surface area contributed by atoms with Crippen molar-refractivity contribution in [1.29, 1.82) is 0 Å². The third kappa shape index (κ3) is 3.64. The maximum absolute atomic E-state index is 13.4. The van der Waals surface area contributed by atoms with Gasteiger partial charge in [0.05, 0.1) is 10.6 Å². The number of carbonyl (C=O) groups excluding carboxylic acids is 1. The Labute approximate surface area is 134 Å². The summed E-state index contributed by atoms with van der Waals surface area (Å²) in [6, 6.07) is 2.43. The van der Waals surface area contributed by atoms with Gasteiger partial charge >= 0.3 is 0 Å². The highest BCUT2D eigenvalue weighted by Gasteiger charge is 2.26. The zero-order chi connectivity index (χ0) is 18.0. The Hall–Kier alpha value is -2.23. The van der Waals surface area contributed by atoms with Gasteiger partial charge in [-0.3, -0.25) is 4.79 Å². The molecule has 2 rings (SSSR count). The van der Waals surface area contributed by atoms with E-state index in [1.54, 1.807) is 0 Å². The molecule has 0 fully saturated rings. The molecular formula is C14H6F7NOS. The first-order valence-corrected chi connectivity index (χ1v) is 7.10. The fourth-order valence-electron chi connectivity index (χ4n) is 1.62. The van der Waals surface area contributed by atoms with Crippen molar-refractivity contribution in [1.82, 2.24) is 0 Å². The summed E-state index contributed by atoms with van der Waals surface area (Å²) in [4.78, 5) is 10.4. The molecule has 0 spiro atoms. The van der Waals surface area contributed by atoms with E-state index in [0.29, 0.717) is 6.07 Å². The summed E-state index contributed by atoms with van der Waals surface area (Å²) >= 11 is 0.0689. The molecule has 0 bridgehead atoms. The van der Waals surface area contributed by atoms with E-state index in [1.807, 2.05) is 0 Å². The Morgan fingerprint density at radius 1 is 0.833 bits per heavy atom. The van der Waals surface area contributed by atoms with Gasteiger partial charge in [-0.15, -0.1) is 11.8 Å². The lowest BCUT2D eigenvalue weighted by Gasteiger charge is -2.08. The normalized spacial score (nSPS) is 10.8. The van der Waals surface area contributed by atoms with Crippen LogP contribution in [0.3, 0.4) is 0 Å². The standard InChI is InChI=1S/C14H6F7NOS/c15-6-2-1-5(3-7(6)16)22-8(23)4-24-14-12(20)10(18)9(17)11(19)13(14)21/h1-3H,4H2,(H,22,23). The molecule has 2 nitrogen and oxygen atoms in total. The van der Waals surface area contributed by atoms with Crippen molar-refractivity contribution in [2.45, 2.75) is 4.90 Å². The van der Waals surface area contributed by atoms with Gasteiger partial charge in [-0.05, 0) is 12.1 Å². The van der Waals surface area contributed by atoms with Gasteiger partial charge in [0.25, 0.3) is 0 Å². The van der Waals surface area contributed by atoms with Gasteiger partial charge in [-0.1, -0.05) is 0 Å². The molecule has 0 aromatic heterocycles. The van der Waals surface area contributed by atoms with Gasteiger partial charge in [-0.2, -0.15) is 0 Å². The van der Waals surface area contributed by atoms with Crippen LogP contribution < -0.4 is 5.32 Å². The van der Waals surface area contributed by atoms with Crippen LogP contribution in [0, 0.1) is 40.7 Å². The fraction of sp³-hybridized carbons (Fsp3) is 0.0714. The van der Waals surface area contributed by atoms with Crippen LogP contribution in [-0.4, -0.2) is 11.7 Å². The number of hydrogen-bond donors (Lipinski definition) is 1. The topological polar surface area (TPSA) is 29.1 Å². The van der Waals surface area contributed by atoms with Crippen molar-refractivity contribution in [3.8, 4) is 0 Å². The average Bonchev–Trinajstić information content (AvgIpc) is 2.54. The van der Waals surface area contributed by atoms with Crippen LogP contribution in [0.1, 0.15) is 0 Å². The van der Waals surface area contributed by atoms with Crippen molar-refractivity contribution in [3.63, 3.8) is 0 Å². The quantitative estimate of drug-likeness (QED) is 0.375. The number of nitrogens with one attached hydrogen (secondary N) is 1. The van der Waals surface area contributed by atoms with E-state index in [9.17, 15) is 35.5 Å². The predicted molar refractivity (Wildman–Crippen MR) is 71.9 cm³/mol. The zero-order valence-electron chi connectivity index (χ0n) is 11.4. The van der Waals surface area contributed by atoms with Gasteiger partial charge in [-0.25, -0.2) is 30.7 Å². The Kier molecular flexibility index (Phi) is 5.37. The molecule has 0 saturated carbocycles. The highest BCUT2D eigenvalue weighted by atomic mass is 32.2. The minimum Gasteiger partial charge on any atom is -0.325 e. The molecule has 0 aliphatic rings. The first-order valence-electron chi connectivity index (χ1n) is 6.11. The van der Waals surface area contributed by atoms with Crippen LogP contribution in [0.2, 0.25) is 0 Å². The van der Waals surface area contributed by atoms with Gasteiger partial charge in [0.2, 0.25) is 11.7 Å². The Bertz CT molecular complexity index is 783. The monoisotopic (exact) mass is 369 g/mol. The average molecular weight is 369 g/mol. The molecule has 2 aromatic carbocycles. The number of benzene rings is 2. The first-order chi connectivity index (χ1) is 11.2. The Balaban J connectivity index is 2.11. The van der Waals surface area contributed by atoms with Crippen LogP contribution in [0.25, 0.3) is 0 Å².